The molecule has 2 saturated heterocycles. The van der Waals surface area contributed by atoms with E-state index in [2.05, 4.69) is 20.4 Å². The third-order valence-electron chi connectivity index (χ3n) is 6.33. The van der Waals surface area contributed by atoms with E-state index in [1.165, 1.54) is 32.0 Å². The fourth-order valence-electron chi connectivity index (χ4n) is 4.28. The molecule has 5 heterocycles. The summed E-state index contributed by atoms with van der Waals surface area (Å²) in [5.41, 5.74) is 1.05. The summed E-state index contributed by atoms with van der Waals surface area (Å²) in [6.45, 7) is 7.02. The summed E-state index contributed by atoms with van der Waals surface area (Å²) < 4.78 is 41.6. The molecule has 0 aromatic carbocycles. The van der Waals surface area contributed by atoms with Crippen molar-refractivity contribution in [2.45, 2.75) is 51.1 Å². The molecule has 2 aliphatic rings. The van der Waals surface area contributed by atoms with Crippen LogP contribution in [0.5, 0.6) is 0 Å². The molecule has 1 amide bonds. The number of pyridine rings is 1. The second-order valence-electron chi connectivity index (χ2n) is 9.40. The van der Waals surface area contributed by atoms with Crippen LogP contribution in [-0.4, -0.2) is 56.6 Å². The van der Waals surface area contributed by atoms with Gasteiger partial charge in [-0.05, 0) is 62.0 Å². The molecule has 1 N–H and O–H groups in total. The molecule has 3 aromatic heterocycles. The molecule has 0 spiro atoms. The van der Waals surface area contributed by atoms with Gasteiger partial charge in [0.15, 0.2) is 5.65 Å². The van der Waals surface area contributed by atoms with Gasteiger partial charge in [-0.2, -0.15) is 18.3 Å². The molecule has 36 heavy (non-hydrogen) atoms. The van der Waals surface area contributed by atoms with Gasteiger partial charge in [-0.15, -0.1) is 0 Å². The highest BCUT2D eigenvalue weighted by atomic mass is 19.4. The molecule has 192 valence electrons. The normalized spacial score (nSPS) is 18.3. The third-order valence-corrected chi connectivity index (χ3v) is 6.33. The Kier molecular flexibility index (Phi) is 8.03. The quantitative estimate of drug-likeness (QED) is 0.527. The fourth-order valence-corrected chi connectivity index (χ4v) is 4.28. The van der Waals surface area contributed by atoms with Crippen LogP contribution in [0.15, 0.2) is 42.7 Å². The van der Waals surface area contributed by atoms with E-state index in [-0.39, 0.29) is 23.4 Å². The van der Waals surface area contributed by atoms with E-state index >= 15 is 0 Å². The van der Waals surface area contributed by atoms with Crippen LogP contribution < -0.4 is 5.32 Å². The summed E-state index contributed by atoms with van der Waals surface area (Å²) in [5.74, 6) is -0.428. The second-order valence-corrected chi connectivity index (χ2v) is 9.40. The lowest BCUT2D eigenvalue weighted by Crippen LogP contribution is -2.26. The zero-order valence-electron chi connectivity index (χ0n) is 20.5. The van der Waals surface area contributed by atoms with Crippen LogP contribution in [0.4, 0.5) is 13.2 Å². The van der Waals surface area contributed by atoms with Gasteiger partial charge in [0.25, 0.3) is 0 Å². The first kappa shape index (κ1) is 25.8. The minimum atomic E-state index is -4.54. The van der Waals surface area contributed by atoms with Gasteiger partial charge in [0.2, 0.25) is 5.91 Å². The molecule has 3 aromatic rings. The van der Waals surface area contributed by atoms with Crippen LogP contribution in [0.3, 0.4) is 0 Å². The Hall–Kier alpha value is -3.27. The average molecular weight is 501 g/mol. The maximum atomic E-state index is 13.6. The molecule has 1 atom stereocenters. The number of nitrogens with zero attached hydrogens (tertiary/aromatic N) is 5. The molecule has 0 bridgehead atoms. The van der Waals surface area contributed by atoms with Crippen LogP contribution >= 0.6 is 0 Å². The Morgan fingerprint density at radius 3 is 2.61 bits per heavy atom. The van der Waals surface area contributed by atoms with Gasteiger partial charge in [-0.3, -0.25) is 9.78 Å². The Labute approximate surface area is 208 Å². The zero-order valence-corrected chi connectivity index (χ0v) is 20.5. The number of alkyl halides is 3. The van der Waals surface area contributed by atoms with Crippen LogP contribution in [0.25, 0.3) is 11.7 Å². The van der Waals surface area contributed by atoms with Crippen molar-refractivity contribution in [1.29, 1.82) is 0 Å². The Bertz CT molecular complexity index is 1190. The molecule has 10 heteroatoms. The number of carbonyl (C=O) groups excluding carboxylic acids is 1. The maximum absolute atomic E-state index is 13.6. The molecule has 2 fully saturated rings. The molecule has 7 nitrogen and oxygen atoms in total. The standard InChI is InChI=1S/C22H22F3N5O.C4H9N/c1-14(2)17-10-19(22(23,24)25)30-20(27-17)11-18(28-30)16-7-9-29(13-16)21(31)6-5-15-4-3-8-26-12-15;1-2-4-5-3-1/h3-6,8,10-12,14,16H,7,9,13H2,1-2H3;5H,1-4H2/b6-5+;/t16-;/m0./s1. The maximum Gasteiger partial charge on any atom is 0.433 e. The van der Waals surface area contributed by atoms with Crippen LogP contribution in [0.1, 0.15) is 67.6 Å². The fraction of sp³-hybridized carbons (Fsp3) is 0.462. The van der Waals surface area contributed by atoms with Gasteiger partial charge in [0, 0.05) is 49.2 Å². The van der Waals surface area contributed by atoms with Gasteiger partial charge in [-0.1, -0.05) is 19.9 Å². The Morgan fingerprint density at radius 2 is 2.00 bits per heavy atom. The molecule has 5 rings (SSSR count). The smallest absolute Gasteiger partial charge is 0.338 e. The highest BCUT2D eigenvalue weighted by Crippen LogP contribution is 2.33. The Balaban J connectivity index is 0.000000543. The van der Waals surface area contributed by atoms with Gasteiger partial charge >= 0.3 is 6.18 Å². The monoisotopic (exact) mass is 500 g/mol. The van der Waals surface area contributed by atoms with Crippen molar-refractivity contribution in [1.82, 2.24) is 29.8 Å². The third kappa shape index (κ3) is 6.29. The van der Waals surface area contributed by atoms with E-state index in [0.29, 0.717) is 30.9 Å². The van der Waals surface area contributed by atoms with Crippen molar-refractivity contribution in [2.24, 2.45) is 0 Å². The molecule has 0 unspecified atom stereocenters. The van der Waals surface area contributed by atoms with E-state index in [9.17, 15) is 18.0 Å². The molecular formula is C26H31F3N6O. The number of fused-ring (bicyclic) bond motifs is 1. The topological polar surface area (TPSA) is 75.4 Å². The number of aromatic nitrogens is 4. The van der Waals surface area contributed by atoms with Crippen LogP contribution in [0, 0.1) is 0 Å². The molecule has 0 saturated carbocycles. The molecular weight excluding hydrogens is 469 g/mol. The van der Waals surface area contributed by atoms with Crippen molar-refractivity contribution in [3.8, 4) is 0 Å². The minimum absolute atomic E-state index is 0.138. The summed E-state index contributed by atoms with van der Waals surface area (Å²) in [4.78, 5) is 22.5. The number of halogens is 3. The first-order chi connectivity index (χ1) is 17.2. The van der Waals surface area contributed by atoms with Crippen molar-refractivity contribution < 1.29 is 18.0 Å². The largest absolute Gasteiger partial charge is 0.433 e. The lowest BCUT2D eigenvalue weighted by Gasteiger charge is -2.13. The minimum Gasteiger partial charge on any atom is -0.338 e. The average Bonchev–Trinajstić information content (AvgIpc) is 3.63. The number of amides is 1. The van der Waals surface area contributed by atoms with Gasteiger partial charge < -0.3 is 10.2 Å². The van der Waals surface area contributed by atoms with Gasteiger partial charge in [0.05, 0.1) is 5.69 Å². The highest BCUT2D eigenvalue weighted by Gasteiger charge is 2.36. The summed E-state index contributed by atoms with van der Waals surface area (Å²) in [7, 11) is 0. The van der Waals surface area contributed by atoms with Crippen LogP contribution in [-0.2, 0) is 11.0 Å². The SMILES string of the molecule is C1CCNC1.CC(C)c1cc(C(F)(F)F)n2nc([C@H]3CCN(C(=O)/C=C/c4cccnc4)C3)cc2n1. The van der Waals surface area contributed by atoms with E-state index in [0.717, 1.165) is 16.1 Å². The molecule has 0 aliphatic carbocycles. The summed E-state index contributed by atoms with van der Waals surface area (Å²) in [5, 5.41) is 7.44. The van der Waals surface area contributed by atoms with Crippen molar-refractivity contribution in [3.63, 3.8) is 0 Å². The summed E-state index contributed by atoms with van der Waals surface area (Å²) in [6.07, 6.45) is 5.37. The van der Waals surface area contributed by atoms with E-state index < -0.39 is 11.9 Å². The van der Waals surface area contributed by atoms with Crippen molar-refractivity contribution in [2.75, 3.05) is 26.2 Å². The molecule has 2 aliphatic heterocycles. The van der Waals surface area contributed by atoms with Gasteiger partial charge in [-0.25, -0.2) is 9.50 Å². The number of hydrogen-bond donors (Lipinski definition) is 1. The zero-order chi connectivity index (χ0) is 25.7. The number of rotatable bonds is 4. The number of likely N-dealkylation sites (tertiary alicyclic amines) is 1. The van der Waals surface area contributed by atoms with E-state index in [1.54, 1.807) is 49.3 Å². The second kappa shape index (κ2) is 11.2. The molecule has 0 radical (unpaired) electrons. The van der Waals surface area contributed by atoms with Crippen molar-refractivity contribution in [3.05, 3.63) is 65.4 Å². The summed E-state index contributed by atoms with van der Waals surface area (Å²) in [6, 6.07) is 6.29. The number of hydrogen-bond acceptors (Lipinski definition) is 5. The highest BCUT2D eigenvalue weighted by molar-refractivity contribution is 5.92. The van der Waals surface area contributed by atoms with E-state index in [4.69, 9.17) is 0 Å². The Morgan fingerprint density at radius 1 is 1.22 bits per heavy atom. The number of carbonyl (C=O) groups is 1. The first-order valence-corrected chi connectivity index (χ1v) is 12.3. The van der Waals surface area contributed by atoms with Crippen molar-refractivity contribution >= 4 is 17.6 Å². The number of nitrogens with one attached hydrogen (secondary N) is 1. The lowest BCUT2D eigenvalue weighted by molar-refractivity contribution is -0.142. The predicted molar refractivity (Wildman–Crippen MR) is 131 cm³/mol. The predicted octanol–water partition coefficient (Wildman–Crippen LogP) is 4.67. The van der Waals surface area contributed by atoms with Gasteiger partial charge in [0.1, 0.15) is 5.69 Å². The summed E-state index contributed by atoms with van der Waals surface area (Å²) >= 11 is 0. The first-order valence-electron chi connectivity index (χ1n) is 12.3. The lowest BCUT2D eigenvalue weighted by atomic mass is 10.1. The van der Waals surface area contributed by atoms with E-state index in [1.807, 2.05) is 6.07 Å². The van der Waals surface area contributed by atoms with Crippen LogP contribution in [0.2, 0.25) is 0 Å².